The third kappa shape index (κ3) is 2.86. The van der Waals surface area contributed by atoms with E-state index in [0.29, 0.717) is 5.92 Å². The number of aromatic nitrogens is 1. The highest BCUT2D eigenvalue weighted by molar-refractivity contribution is 7.80. The van der Waals surface area contributed by atoms with E-state index < -0.39 is 0 Å². The molecule has 1 saturated heterocycles. The molecule has 15 heavy (non-hydrogen) atoms. The van der Waals surface area contributed by atoms with Crippen molar-refractivity contribution >= 4 is 18.4 Å². The summed E-state index contributed by atoms with van der Waals surface area (Å²) >= 11 is 4.38. The van der Waals surface area contributed by atoms with E-state index in [0.717, 1.165) is 37.7 Å². The topological polar surface area (TPSA) is 28.2 Å². The largest absolute Gasteiger partial charge is 0.355 e. The molecule has 1 aliphatic rings. The molecule has 2 rings (SSSR count). The van der Waals surface area contributed by atoms with Gasteiger partial charge in [0.15, 0.2) is 0 Å². The van der Waals surface area contributed by atoms with Crippen LogP contribution in [0.1, 0.15) is 0 Å². The molecule has 0 saturated carbocycles. The average Bonchev–Trinajstić information content (AvgIpc) is 2.55. The summed E-state index contributed by atoms with van der Waals surface area (Å²) in [5.41, 5.74) is 0. The van der Waals surface area contributed by atoms with Gasteiger partial charge in [-0.05, 0) is 23.8 Å². The zero-order valence-corrected chi connectivity index (χ0v) is 9.66. The van der Waals surface area contributed by atoms with E-state index in [2.05, 4.69) is 33.9 Å². The normalized spacial score (nSPS) is 22.5. The molecule has 1 fully saturated rings. The second-order valence-electron chi connectivity index (χ2n) is 3.89. The molecule has 2 heterocycles. The first-order valence-corrected chi connectivity index (χ1v) is 6.01. The minimum Gasteiger partial charge on any atom is -0.355 e. The van der Waals surface area contributed by atoms with E-state index in [9.17, 15) is 0 Å². The van der Waals surface area contributed by atoms with Crippen molar-refractivity contribution < 1.29 is 0 Å². The average molecular weight is 223 g/mol. The summed E-state index contributed by atoms with van der Waals surface area (Å²) in [4.78, 5) is 6.72. The van der Waals surface area contributed by atoms with Gasteiger partial charge in [0, 0.05) is 32.4 Å². The first kappa shape index (κ1) is 10.8. The first-order chi connectivity index (χ1) is 7.40. The van der Waals surface area contributed by atoms with E-state index in [1.165, 1.54) is 0 Å². The van der Waals surface area contributed by atoms with E-state index in [1.807, 2.05) is 18.3 Å². The maximum absolute atomic E-state index is 4.39. The zero-order chi connectivity index (χ0) is 10.5. The number of thiol groups is 1. The van der Waals surface area contributed by atoms with Crippen LogP contribution >= 0.6 is 12.6 Å². The quantitative estimate of drug-likeness (QED) is 0.734. The monoisotopic (exact) mass is 223 g/mol. The summed E-state index contributed by atoms with van der Waals surface area (Å²) < 4.78 is 0. The smallest absolute Gasteiger partial charge is 0.128 e. The number of pyridine rings is 1. The van der Waals surface area contributed by atoms with Crippen molar-refractivity contribution in [2.24, 2.45) is 5.92 Å². The predicted molar refractivity (Wildman–Crippen MR) is 66.7 cm³/mol. The predicted octanol–water partition coefficient (Wildman–Crippen LogP) is 1.04. The Labute approximate surface area is 96.3 Å². The zero-order valence-electron chi connectivity index (χ0n) is 8.76. The summed E-state index contributed by atoms with van der Waals surface area (Å²) in [7, 11) is 0. The van der Waals surface area contributed by atoms with Crippen LogP contribution in [0, 0.1) is 5.92 Å². The summed E-state index contributed by atoms with van der Waals surface area (Å²) in [5, 5.41) is 3.43. The molecule has 3 nitrogen and oxygen atoms in total. The molecule has 82 valence electrons. The highest BCUT2D eigenvalue weighted by Gasteiger charge is 2.17. The molecular formula is C11H17N3S. The SMILES string of the molecule is SCC1CNCCN(c2ccccn2)C1. The van der Waals surface area contributed by atoms with Crippen molar-refractivity contribution in [3.8, 4) is 0 Å². The van der Waals surface area contributed by atoms with Crippen LogP contribution in [0.25, 0.3) is 0 Å². The number of anilines is 1. The standard InChI is InChI=1S/C11H17N3S/c15-9-10-7-12-5-6-14(8-10)11-3-1-2-4-13-11/h1-4,10,12,15H,5-9H2. The Morgan fingerprint density at radius 1 is 1.53 bits per heavy atom. The lowest BCUT2D eigenvalue weighted by Crippen LogP contribution is -2.31. The molecule has 4 heteroatoms. The van der Waals surface area contributed by atoms with E-state index in [-0.39, 0.29) is 0 Å². The lowest BCUT2D eigenvalue weighted by Gasteiger charge is -2.23. The molecule has 1 aromatic heterocycles. The second-order valence-corrected chi connectivity index (χ2v) is 4.25. The summed E-state index contributed by atoms with van der Waals surface area (Å²) in [6.07, 6.45) is 1.85. The van der Waals surface area contributed by atoms with Crippen molar-refractivity contribution in [3.05, 3.63) is 24.4 Å². The van der Waals surface area contributed by atoms with Crippen molar-refractivity contribution in [1.29, 1.82) is 0 Å². The maximum atomic E-state index is 4.39. The molecule has 0 aromatic carbocycles. The van der Waals surface area contributed by atoms with Gasteiger partial charge in [-0.3, -0.25) is 0 Å². The third-order valence-corrected chi connectivity index (χ3v) is 3.22. The third-order valence-electron chi connectivity index (χ3n) is 2.70. The van der Waals surface area contributed by atoms with Gasteiger partial charge in [-0.25, -0.2) is 4.98 Å². The van der Waals surface area contributed by atoms with E-state index in [4.69, 9.17) is 0 Å². The Morgan fingerprint density at radius 2 is 2.47 bits per heavy atom. The number of rotatable bonds is 2. The lowest BCUT2D eigenvalue weighted by atomic mass is 10.2. The fourth-order valence-electron chi connectivity index (χ4n) is 1.86. The number of hydrogen-bond donors (Lipinski definition) is 2. The van der Waals surface area contributed by atoms with Crippen LogP contribution in [0.2, 0.25) is 0 Å². The Morgan fingerprint density at radius 3 is 3.20 bits per heavy atom. The Hall–Kier alpha value is -0.740. The van der Waals surface area contributed by atoms with Crippen LogP contribution in [0.4, 0.5) is 5.82 Å². The Kier molecular flexibility index (Phi) is 3.86. The second kappa shape index (κ2) is 5.37. The minimum atomic E-state index is 0.609. The summed E-state index contributed by atoms with van der Waals surface area (Å²) in [5.74, 6) is 2.61. The lowest BCUT2D eigenvalue weighted by molar-refractivity contribution is 0.572. The molecule has 1 atom stereocenters. The summed E-state index contributed by atoms with van der Waals surface area (Å²) in [6.45, 7) is 4.17. The van der Waals surface area contributed by atoms with Crippen LogP contribution in [0.15, 0.2) is 24.4 Å². The van der Waals surface area contributed by atoms with Gasteiger partial charge in [0.05, 0.1) is 0 Å². The van der Waals surface area contributed by atoms with Crippen molar-refractivity contribution in [3.63, 3.8) is 0 Å². The number of hydrogen-bond acceptors (Lipinski definition) is 4. The van der Waals surface area contributed by atoms with Gasteiger partial charge in [0.1, 0.15) is 5.82 Å². The highest BCUT2D eigenvalue weighted by Crippen LogP contribution is 2.13. The van der Waals surface area contributed by atoms with Crippen LogP contribution in [0.5, 0.6) is 0 Å². The van der Waals surface area contributed by atoms with Gasteiger partial charge < -0.3 is 10.2 Å². The molecule has 0 aliphatic carbocycles. The van der Waals surface area contributed by atoms with Crippen LogP contribution in [0.3, 0.4) is 0 Å². The fraction of sp³-hybridized carbons (Fsp3) is 0.545. The Bertz CT molecular complexity index is 291. The van der Waals surface area contributed by atoms with Gasteiger partial charge in [-0.15, -0.1) is 0 Å². The molecule has 0 radical (unpaired) electrons. The fourth-order valence-corrected chi connectivity index (χ4v) is 2.10. The highest BCUT2D eigenvalue weighted by atomic mass is 32.1. The number of nitrogens with one attached hydrogen (secondary N) is 1. The minimum absolute atomic E-state index is 0.609. The summed E-state index contributed by atoms with van der Waals surface area (Å²) in [6, 6.07) is 6.06. The molecule has 0 amide bonds. The van der Waals surface area contributed by atoms with Gasteiger partial charge >= 0.3 is 0 Å². The van der Waals surface area contributed by atoms with Crippen molar-refractivity contribution in [2.75, 3.05) is 36.8 Å². The molecule has 0 bridgehead atoms. The molecule has 1 unspecified atom stereocenters. The first-order valence-electron chi connectivity index (χ1n) is 5.37. The number of nitrogens with zero attached hydrogens (tertiary/aromatic N) is 2. The van der Waals surface area contributed by atoms with Gasteiger partial charge in [-0.1, -0.05) is 6.07 Å². The van der Waals surface area contributed by atoms with Gasteiger partial charge in [-0.2, -0.15) is 12.6 Å². The molecule has 1 aliphatic heterocycles. The van der Waals surface area contributed by atoms with Crippen LogP contribution in [-0.2, 0) is 0 Å². The van der Waals surface area contributed by atoms with Crippen molar-refractivity contribution in [2.45, 2.75) is 0 Å². The molecular weight excluding hydrogens is 206 g/mol. The maximum Gasteiger partial charge on any atom is 0.128 e. The molecule has 0 spiro atoms. The van der Waals surface area contributed by atoms with Crippen LogP contribution < -0.4 is 10.2 Å². The van der Waals surface area contributed by atoms with Crippen LogP contribution in [-0.4, -0.2) is 36.9 Å². The van der Waals surface area contributed by atoms with E-state index >= 15 is 0 Å². The molecule has 1 aromatic rings. The van der Waals surface area contributed by atoms with Crippen molar-refractivity contribution in [1.82, 2.24) is 10.3 Å². The molecule has 1 N–H and O–H groups in total. The van der Waals surface area contributed by atoms with E-state index in [1.54, 1.807) is 0 Å². The Balaban J connectivity index is 2.07. The van der Waals surface area contributed by atoms with Gasteiger partial charge in [0.2, 0.25) is 0 Å². The van der Waals surface area contributed by atoms with Gasteiger partial charge in [0.25, 0.3) is 0 Å².